The average molecular weight is 1070 g/mol. The number of carbonyl (C=O) groups excluding carboxylic acids is 6. The number of primary amides is 2. The van der Waals surface area contributed by atoms with Gasteiger partial charge in [0.15, 0.2) is 0 Å². The predicted molar refractivity (Wildman–Crippen MR) is 296 cm³/mol. The molecule has 9 N–H and O–H groups in total. The lowest BCUT2D eigenvalue weighted by Crippen LogP contribution is -2.57. The molecule has 0 spiro atoms. The van der Waals surface area contributed by atoms with E-state index in [0.29, 0.717) is 35.5 Å². The number of aromatic nitrogens is 2. The molecule has 8 aliphatic carbocycles. The SMILES string of the molecule is COC(=O)N[C@@H](CCC(N)=O)C(=O)N1[C@H](c2nc3ccc([C@@H]4C[C@H]5CC=C4CCC4=C[C@@H](c6ccc7c(c6)NC([C@@H]6C[C@@H]8CCCC[C@@H]8N6C(=O)[C@H](CCC(N)=O)NC(=O)OC)N7)C(CC4)CC5)cc3[nH]2)C[C@@H]2CCCC[C@@H]21. The summed E-state index contributed by atoms with van der Waals surface area (Å²) in [5, 5.41) is 13.0. The van der Waals surface area contributed by atoms with Crippen LogP contribution in [-0.2, 0) is 28.7 Å². The maximum atomic E-state index is 14.6. The summed E-state index contributed by atoms with van der Waals surface area (Å²) >= 11 is 0. The molecule has 18 nitrogen and oxygen atoms in total. The molecular weight excluding hydrogens is 989 g/mol. The Morgan fingerprint density at radius 1 is 0.679 bits per heavy atom. The van der Waals surface area contributed by atoms with Gasteiger partial charge in [-0.25, -0.2) is 14.6 Å². The number of nitrogens with zero attached hydrogens (tertiary/aromatic N) is 3. The predicted octanol–water partition coefficient (Wildman–Crippen LogP) is 8.81. The second kappa shape index (κ2) is 23.0. The van der Waals surface area contributed by atoms with E-state index in [0.717, 1.165) is 137 Å². The van der Waals surface area contributed by atoms with E-state index in [1.54, 1.807) is 0 Å². The minimum Gasteiger partial charge on any atom is -0.453 e. The Balaban J connectivity index is 0.794. The number of amides is 6. The van der Waals surface area contributed by atoms with Gasteiger partial charge in [0.2, 0.25) is 23.6 Å². The molecule has 2 saturated heterocycles. The number of H-pyrrole nitrogens is 1. The molecule has 0 radical (unpaired) electrons. The first-order valence-corrected chi connectivity index (χ1v) is 29.3. The number of hydrogen-bond donors (Lipinski definition) is 7. The van der Waals surface area contributed by atoms with Crippen LogP contribution in [0.15, 0.2) is 59.7 Å². The maximum Gasteiger partial charge on any atom is 0.407 e. The lowest BCUT2D eigenvalue weighted by Gasteiger charge is -2.38. The zero-order chi connectivity index (χ0) is 54.2. The molecule has 1 aromatic heterocycles. The maximum absolute atomic E-state index is 14.6. The molecule has 418 valence electrons. The standard InChI is InChI=1S/C60H80N10O8/c1-77-59(75)67-45(23-25-53(61)71)57(73)69-49-9-5-3-7-39(49)31-51(69)55-63-43-21-19-37(29-47(43)65-55)41-27-33-11-15-35(41)17-13-34-12-16-36(18-14-33)42(28-34)38-20-22-44-48(30-38)66-56(64-44)52-32-40-8-4-6-10-50(40)70(52)58(74)46(24-26-54(62)72)68-60(76)78-2/h15,19-22,28-30,33,36,39-42,45-46,49-52,56,64,66H,3-14,16-18,23-27,31-32H2,1-2H3,(H2,61,71)(H2,62,72)(H,63,65)(H,67,75)(H,68,76)/t33-,36?,39-,40-,41+,42+,45-,46-,49-,50-,51-,52-,56?/m0/s1. The minimum atomic E-state index is -0.948. The lowest BCUT2D eigenvalue weighted by atomic mass is 9.69. The van der Waals surface area contributed by atoms with Gasteiger partial charge < -0.3 is 57.0 Å². The van der Waals surface area contributed by atoms with Gasteiger partial charge in [-0.2, -0.15) is 0 Å². The first-order valence-electron chi connectivity index (χ1n) is 29.3. The number of anilines is 2. The number of ether oxygens (including phenoxy) is 2. The van der Waals surface area contributed by atoms with Crippen molar-refractivity contribution in [2.24, 2.45) is 35.1 Å². The Morgan fingerprint density at radius 3 is 2.04 bits per heavy atom. The number of alkyl carbamates (subject to hydrolysis) is 2. The molecule has 3 saturated carbocycles. The smallest absolute Gasteiger partial charge is 0.407 e. The van der Waals surface area contributed by atoms with E-state index < -0.39 is 36.1 Å². The van der Waals surface area contributed by atoms with E-state index in [-0.39, 0.29) is 67.8 Å². The third-order valence-electron chi connectivity index (χ3n) is 19.5. The van der Waals surface area contributed by atoms with Crippen LogP contribution >= 0.6 is 0 Å². The molecule has 5 fully saturated rings. The molecule has 2 aromatic carbocycles. The molecule has 11 aliphatic rings. The highest BCUT2D eigenvalue weighted by molar-refractivity contribution is 5.89. The van der Waals surface area contributed by atoms with E-state index in [4.69, 9.17) is 25.9 Å². The Kier molecular flexibility index (Phi) is 15.8. The van der Waals surface area contributed by atoms with E-state index in [1.165, 1.54) is 42.9 Å². The van der Waals surface area contributed by atoms with Gasteiger partial charge in [0.05, 0.1) is 48.7 Å². The summed E-state index contributed by atoms with van der Waals surface area (Å²) in [6.45, 7) is 0. The fraction of sp³-hybridized carbons (Fsp3) is 0.617. The highest BCUT2D eigenvalue weighted by Crippen LogP contribution is 2.50. The van der Waals surface area contributed by atoms with Gasteiger partial charge in [-0.15, -0.1) is 0 Å². The van der Waals surface area contributed by atoms with Crippen LogP contribution in [0.25, 0.3) is 11.0 Å². The van der Waals surface area contributed by atoms with Crippen molar-refractivity contribution in [1.82, 2.24) is 30.4 Å². The van der Waals surface area contributed by atoms with Crippen molar-refractivity contribution in [3.8, 4) is 0 Å². The van der Waals surface area contributed by atoms with E-state index in [9.17, 15) is 28.8 Å². The highest BCUT2D eigenvalue weighted by Gasteiger charge is 2.51. The number of hydrogen-bond acceptors (Lipinski definition) is 11. The molecule has 6 amide bonds. The number of allylic oxidation sites excluding steroid dienone is 4. The number of fused-ring (bicyclic) bond motifs is 4. The summed E-state index contributed by atoms with van der Waals surface area (Å²) in [4.78, 5) is 90.6. The number of nitrogens with one attached hydrogen (secondary N) is 5. The number of aromatic amines is 1. The topological polar surface area (TPSA) is 256 Å². The number of carbonyl (C=O) groups is 6. The molecule has 18 heteroatoms. The van der Waals surface area contributed by atoms with Crippen LogP contribution in [0.5, 0.6) is 0 Å². The van der Waals surface area contributed by atoms with Crippen molar-refractivity contribution >= 4 is 58.2 Å². The van der Waals surface area contributed by atoms with Gasteiger partial charge in [0, 0.05) is 36.8 Å². The van der Waals surface area contributed by atoms with Crippen molar-refractivity contribution in [2.45, 2.75) is 196 Å². The summed E-state index contributed by atoms with van der Waals surface area (Å²) in [7, 11) is 2.53. The Bertz CT molecular complexity index is 2850. The van der Waals surface area contributed by atoms with Crippen LogP contribution in [0.1, 0.15) is 176 Å². The van der Waals surface area contributed by atoms with Crippen molar-refractivity contribution in [3.05, 3.63) is 76.6 Å². The molecular formula is C60H80N10O8. The summed E-state index contributed by atoms with van der Waals surface area (Å²) < 4.78 is 9.78. The summed E-state index contributed by atoms with van der Waals surface area (Å²) in [5.41, 5.74) is 20.6. The Morgan fingerprint density at radius 2 is 1.33 bits per heavy atom. The van der Waals surface area contributed by atoms with Gasteiger partial charge in [-0.05, 0) is 162 Å². The quantitative estimate of drug-likeness (QED) is 0.0751. The zero-order valence-corrected chi connectivity index (χ0v) is 45.4. The third kappa shape index (κ3) is 11.1. The fourth-order valence-corrected chi connectivity index (χ4v) is 15.6. The molecule has 4 heterocycles. The molecule has 78 heavy (non-hydrogen) atoms. The summed E-state index contributed by atoms with van der Waals surface area (Å²) in [5.74, 6) is 1.66. The number of benzene rings is 2. The van der Waals surface area contributed by atoms with E-state index in [2.05, 4.69) is 74.8 Å². The van der Waals surface area contributed by atoms with Crippen LogP contribution in [0.2, 0.25) is 0 Å². The van der Waals surface area contributed by atoms with Gasteiger partial charge in [-0.3, -0.25) is 19.2 Å². The molecule has 3 aromatic rings. The highest BCUT2D eigenvalue weighted by atomic mass is 16.5. The van der Waals surface area contributed by atoms with Crippen molar-refractivity contribution in [2.75, 3.05) is 24.9 Å². The van der Waals surface area contributed by atoms with Gasteiger partial charge in [0.25, 0.3) is 0 Å². The number of methoxy groups -OCH3 is 2. The number of imidazole rings is 1. The summed E-state index contributed by atoms with van der Waals surface area (Å²) in [6, 6.07) is 11.3. The van der Waals surface area contributed by atoms with Crippen molar-refractivity contribution in [1.29, 1.82) is 0 Å². The normalized spacial score (nSPS) is 29.9. The van der Waals surface area contributed by atoms with Crippen LogP contribution in [0.3, 0.4) is 0 Å². The fourth-order valence-electron chi connectivity index (χ4n) is 15.6. The van der Waals surface area contributed by atoms with Crippen LogP contribution < -0.4 is 32.7 Å². The van der Waals surface area contributed by atoms with Gasteiger partial charge >= 0.3 is 12.2 Å². The molecule has 2 unspecified atom stereocenters. The second-order valence-electron chi connectivity index (χ2n) is 24.0. The number of rotatable bonds is 14. The zero-order valence-electron chi connectivity index (χ0n) is 45.4. The monoisotopic (exact) mass is 1070 g/mol. The summed E-state index contributed by atoms with van der Waals surface area (Å²) in [6.07, 6.45) is 22.3. The second-order valence-corrected chi connectivity index (χ2v) is 24.0. The van der Waals surface area contributed by atoms with Crippen LogP contribution in [-0.4, -0.2) is 106 Å². The van der Waals surface area contributed by atoms with Crippen molar-refractivity contribution in [3.63, 3.8) is 0 Å². The van der Waals surface area contributed by atoms with E-state index >= 15 is 0 Å². The Labute approximate surface area is 457 Å². The van der Waals surface area contributed by atoms with E-state index in [1.807, 2.05) is 9.80 Å². The van der Waals surface area contributed by atoms with Crippen molar-refractivity contribution < 1.29 is 38.2 Å². The first-order chi connectivity index (χ1) is 37.8. The van der Waals surface area contributed by atoms with Gasteiger partial charge in [0.1, 0.15) is 24.1 Å². The number of nitrogens with two attached hydrogens (primary N) is 2. The van der Waals surface area contributed by atoms with Crippen LogP contribution in [0, 0.1) is 23.7 Å². The Hall–Kier alpha value is -6.59. The lowest BCUT2D eigenvalue weighted by molar-refractivity contribution is -0.138. The molecule has 13 atom stereocenters. The molecule has 3 aliphatic heterocycles. The van der Waals surface area contributed by atoms with Gasteiger partial charge in [-0.1, -0.05) is 61.1 Å². The molecule has 14 rings (SSSR count). The first kappa shape index (κ1) is 53.4. The minimum absolute atomic E-state index is 0.0195. The molecule has 4 bridgehead atoms. The average Bonchev–Trinajstić information content (AvgIpc) is 4.29. The van der Waals surface area contributed by atoms with Crippen LogP contribution in [0.4, 0.5) is 21.0 Å². The largest absolute Gasteiger partial charge is 0.453 e. The number of likely N-dealkylation sites (tertiary alicyclic amines) is 2. The third-order valence-corrected chi connectivity index (χ3v) is 19.5.